The molecular formula is C17H22N2O. The Hall–Kier alpha value is -1.61. The van der Waals surface area contributed by atoms with E-state index in [1.165, 1.54) is 17.5 Å². The van der Waals surface area contributed by atoms with Gasteiger partial charge >= 0.3 is 0 Å². The standard InChI is InChI=1S/C17H22N2O/c20-17(19-11-13-4-2-1-3-5-13)15-7-6-14-8-9-18-12-16(14)10-15/h1-2,6-7,10,13,18H,3-5,8-9,11-12H2,(H,19,20). The molecule has 1 amide bonds. The second kappa shape index (κ2) is 6.23. The van der Waals surface area contributed by atoms with Gasteiger partial charge in [-0.05, 0) is 61.4 Å². The van der Waals surface area contributed by atoms with E-state index in [1.807, 2.05) is 12.1 Å². The molecule has 1 aromatic carbocycles. The Kier molecular flexibility index (Phi) is 4.16. The number of benzene rings is 1. The minimum Gasteiger partial charge on any atom is -0.352 e. The van der Waals surface area contributed by atoms with Crippen LogP contribution in [-0.2, 0) is 13.0 Å². The number of allylic oxidation sites excluding steroid dienone is 2. The highest BCUT2D eigenvalue weighted by Crippen LogP contribution is 2.18. The van der Waals surface area contributed by atoms with E-state index in [-0.39, 0.29) is 5.91 Å². The summed E-state index contributed by atoms with van der Waals surface area (Å²) in [6, 6.07) is 6.10. The van der Waals surface area contributed by atoms with Crippen molar-refractivity contribution in [1.82, 2.24) is 10.6 Å². The van der Waals surface area contributed by atoms with Crippen LogP contribution in [-0.4, -0.2) is 19.0 Å². The van der Waals surface area contributed by atoms with Gasteiger partial charge in [-0.25, -0.2) is 0 Å². The minimum absolute atomic E-state index is 0.0629. The van der Waals surface area contributed by atoms with E-state index in [4.69, 9.17) is 0 Å². The largest absolute Gasteiger partial charge is 0.352 e. The van der Waals surface area contributed by atoms with E-state index < -0.39 is 0 Å². The van der Waals surface area contributed by atoms with E-state index in [1.54, 1.807) is 0 Å². The fourth-order valence-corrected chi connectivity index (χ4v) is 3.00. The third-order valence-electron chi connectivity index (χ3n) is 4.28. The number of nitrogens with one attached hydrogen (secondary N) is 2. The highest BCUT2D eigenvalue weighted by molar-refractivity contribution is 5.94. The predicted molar refractivity (Wildman–Crippen MR) is 80.7 cm³/mol. The molecule has 1 atom stereocenters. The van der Waals surface area contributed by atoms with Gasteiger partial charge in [-0.15, -0.1) is 0 Å². The lowest BCUT2D eigenvalue weighted by molar-refractivity contribution is 0.0946. The van der Waals surface area contributed by atoms with Gasteiger partial charge in [0.15, 0.2) is 0 Å². The molecule has 0 aromatic heterocycles. The maximum Gasteiger partial charge on any atom is 0.251 e. The number of carbonyl (C=O) groups is 1. The molecule has 0 saturated heterocycles. The normalized spacial score (nSPS) is 21.3. The summed E-state index contributed by atoms with van der Waals surface area (Å²) in [5.41, 5.74) is 3.43. The summed E-state index contributed by atoms with van der Waals surface area (Å²) in [6.45, 7) is 2.70. The molecule has 3 nitrogen and oxygen atoms in total. The van der Waals surface area contributed by atoms with E-state index in [0.717, 1.165) is 44.5 Å². The lowest BCUT2D eigenvalue weighted by atomic mass is 9.94. The van der Waals surface area contributed by atoms with Gasteiger partial charge in [0.25, 0.3) is 5.91 Å². The zero-order valence-corrected chi connectivity index (χ0v) is 11.8. The van der Waals surface area contributed by atoms with Crippen LogP contribution in [0.15, 0.2) is 30.4 Å². The maximum absolute atomic E-state index is 12.2. The lowest BCUT2D eigenvalue weighted by Crippen LogP contribution is -2.30. The van der Waals surface area contributed by atoms with Gasteiger partial charge in [0.2, 0.25) is 0 Å². The quantitative estimate of drug-likeness (QED) is 0.828. The summed E-state index contributed by atoms with van der Waals surface area (Å²) in [7, 11) is 0. The second-order valence-corrected chi connectivity index (χ2v) is 5.77. The molecule has 0 bridgehead atoms. The molecule has 0 fully saturated rings. The molecule has 3 heteroatoms. The van der Waals surface area contributed by atoms with E-state index in [2.05, 4.69) is 28.9 Å². The van der Waals surface area contributed by atoms with Crippen LogP contribution < -0.4 is 10.6 Å². The molecule has 2 aliphatic rings. The molecule has 1 aliphatic heterocycles. The first-order chi connectivity index (χ1) is 9.83. The van der Waals surface area contributed by atoms with Crippen LogP contribution in [0.25, 0.3) is 0 Å². The van der Waals surface area contributed by atoms with Crippen molar-refractivity contribution < 1.29 is 4.79 Å². The topological polar surface area (TPSA) is 41.1 Å². The summed E-state index contributed by atoms with van der Waals surface area (Å²) >= 11 is 0. The number of fused-ring (bicyclic) bond motifs is 1. The van der Waals surface area contributed by atoms with Crippen molar-refractivity contribution in [2.24, 2.45) is 5.92 Å². The van der Waals surface area contributed by atoms with Gasteiger partial charge in [0, 0.05) is 18.7 Å². The van der Waals surface area contributed by atoms with Gasteiger partial charge < -0.3 is 10.6 Å². The van der Waals surface area contributed by atoms with Gasteiger partial charge in [-0.2, -0.15) is 0 Å². The van der Waals surface area contributed by atoms with Crippen molar-refractivity contribution in [2.75, 3.05) is 13.1 Å². The van der Waals surface area contributed by atoms with E-state index in [0.29, 0.717) is 5.92 Å². The van der Waals surface area contributed by atoms with Crippen molar-refractivity contribution >= 4 is 5.91 Å². The SMILES string of the molecule is O=C(NCC1CC=CCC1)c1ccc2c(c1)CNCC2. The Morgan fingerprint density at radius 1 is 1.30 bits per heavy atom. The van der Waals surface area contributed by atoms with Crippen molar-refractivity contribution in [3.8, 4) is 0 Å². The first-order valence-electron chi connectivity index (χ1n) is 7.58. The van der Waals surface area contributed by atoms with Crippen molar-refractivity contribution in [3.05, 3.63) is 47.0 Å². The van der Waals surface area contributed by atoms with Crippen LogP contribution in [0.5, 0.6) is 0 Å². The Balaban J connectivity index is 1.60. The summed E-state index contributed by atoms with van der Waals surface area (Å²) in [6.07, 6.45) is 8.94. The van der Waals surface area contributed by atoms with Crippen LogP contribution in [0.1, 0.15) is 40.7 Å². The van der Waals surface area contributed by atoms with Crippen LogP contribution in [0, 0.1) is 5.92 Å². The molecular weight excluding hydrogens is 248 g/mol. The van der Waals surface area contributed by atoms with Gasteiger partial charge in [0.1, 0.15) is 0 Å². The maximum atomic E-state index is 12.2. The molecule has 2 N–H and O–H groups in total. The summed E-state index contributed by atoms with van der Waals surface area (Å²) in [5, 5.41) is 6.43. The minimum atomic E-state index is 0.0629. The molecule has 3 rings (SSSR count). The zero-order chi connectivity index (χ0) is 13.8. The van der Waals surface area contributed by atoms with Crippen molar-refractivity contribution in [2.45, 2.75) is 32.2 Å². The molecule has 1 aliphatic carbocycles. The van der Waals surface area contributed by atoms with Crippen molar-refractivity contribution in [1.29, 1.82) is 0 Å². The lowest BCUT2D eigenvalue weighted by Gasteiger charge is -2.19. The first kappa shape index (κ1) is 13.4. The van der Waals surface area contributed by atoms with E-state index in [9.17, 15) is 4.79 Å². The van der Waals surface area contributed by atoms with Crippen LogP contribution in [0.3, 0.4) is 0 Å². The second-order valence-electron chi connectivity index (χ2n) is 5.77. The third kappa shape index (κ3) is 3.10. The monoisotopic (exact) mass is 270 g/mol. The molecule has 0 radical (unpaired) electrons. The number of carbonyl (C=O) groups excluding carboxylic acids is 1. The molecule has 0 saturated carbocycles. The number of amides is 1. The summed E-state index contributed by atoms with van der Waals surface area (Å²) in [5.74, 6) is 0.663. The molecule has 0 spiro atoms. The fraction of sp³-hybridized carbons (Fsp3) is 0.471. The molecule has 20 heavy (non-hydrogen) atoms. The molecule has 1 unspecified atom stereocenters. The van der Waals surface area contributed by atoms with Crippen LogP contribution in [0.4, 0.5) is 0 Å². The van der Waals surface area contributed by atoms with Crippen molar-refractivity contribution in [3.63, 3.8) is 0 Å². The van der Waals surface area contributed by atoms with Crippen LogP contribution in [0.2, 0.25) is 0 Å². The zero-order valence-electron chi connectivity index (χ0n) is 11.8. The third-order valence-corrected chi connectivity index (χ3v) is 4.28. The first-order valence-corrected chi connectivity index (χ1v) is 7.58. The Morgan fingerprint density at radius 2 is 2.25 bits per heavy atom. The highest BCUT2D eigenvalue weighted by Gasteiger charge is 2.14. The Labute approximate surface area is 120 Å². The van der Waals surface area contributed by atoms with Gasteiger partial charge in [-0.3, -0.25) is 4.79 Å². The number of hydrogen-bond donors (Lipinski definition) is 2. The van der Waals surface area contributed by atoms with Crippen LogP contribution >= 0.6 is 0 Å². The average molecular weight is 270 g/mol. The number of rotatable bonds is 3. The smallest absolute Gasteiger partial charge is 0.251 e. The molecule has 106 valence electrons. The van der Waals surface area contributed by atoms with Gasteiger partial charge in [-0.1, -0.05) is 18.2 Å². The summed E-state index contributed by atoms with van der Waals surface area (Å²) in [4.78, 5) is 12.2. The Morgan fingerprint density at radius 3 is 3.10 bits per heavy atom. The van der Waals surface area contributed by atoms with E-state index >= 15 is 0 Å². The predicted octanol–water partition coefficient (Wildman–Crippen LogP) is 2.42. The Bertz CT molecular complexity index is 522. The molecule has 1 heterocycles. The average Bonchev–Trinajstić information content (AvgIpc) is 2.53. The highest BCUT2D eigenvalue weighted by atomic mass is 16.1. The van der Waals surface area contributed by atoms with Gasteiger partial charge in [0.05, 0.1) is 0 Å². The summed E-state index contributed by atoms with van der Waals surface area (Å²) < 4.78 is 0. The fourth-order valence-electron chi connectivity index (χ4n) is 3.00. The molecule has 1 aromatic rings. The number of hydrogen-bond acceptors (Lipinski definition) is 2.